The summed E-state index contributed by atoms with van der Waals surface area (Å²) in [6.07, 6.45) is 7.91. The zero-order valence-electron chi connectivity index (χ0n) is 20.7. The average molecular weight is 475 g/mol. The number of anilines is 2. The zero-order valence-corrected chi connectivity index (χ0v) is 20.7. The summed E-state index contributed by atoms with van der Waals surface area (Å²) in [7, 11) is 4.03. The van der Waals surface area contributed by atoms with Gasteiger partial charge in [-0.05, 0) is 74.6 Å². The standard InChI is InChI=1S/C27H34N6O2/c1-19-12-13-20(28-26(34)32-16-6-10-24(32)22-8-4-14-30(22)2)18-21(19)29-27(35)33-17-7-11-25(33)23-9-5-15-31(23)3/h4-5,8-9,12-15,18,24-25H,6-7,10-11,16-17H2,1-3H3,(H,28,34)(H,29,35). The predicted octanol–water partition coefficient (Wildman–Crippen LogP) is 5.41. The van der Waals surface area contributed by atoms with E-state index in [0.717, 1.165) is 55.7 Å². The van der Waals surface area contributed by atoms with Crippen molar-refractivity contribution < 1.29 is 9.59 Å². The van der Waals surface area contributed by atoms with E-state index in [1.807, 2.05) is 73.5 Å². The molecule has 0 bridgehead atoms. The van der Waals surface area contributed by atoms with Crippen LogP contribution in [0.5, 0.6) is 0 Å². The van der Waals surface area contributed by atoms with Gasteiger partial charge in [0, 0.05) is 62.3 Å². The zero-order chi connectivity index (χ0) is 24.5. The lowest BCUT2D eigenvalue weighted by atomic mass is 10.1. The normalized spacial score (nSPS) is 19.9. The summed E-state index contributed by atoms with van der Waals surface area (Å²) in [4.78, 5) is 30.2. The van der Waals surface area contributed by atoms with Gasteiger partial charge < -0.3 is 29.6 Å². The van der Waals surface area contributed by atoms with Crippen LogP contribution in [0.25, 0.3) is 0 Å². The van der Waals surface area contributed by atoms with E-state index in [1.54, 1.807) is 0 Å². The topological polar surface area (TPSA) is 74.5 Å². The van der Waals surface area contributed by atoms with Crippen molar-refractivity contribution in [1.29, 1.82) is 0 Å². The Labute approximate surface area is 206 Å². The molecule has 2 aliphatic heterocycles. The lowest BCUT2D eigenvalue weighted by Crippen LogP contribution is -2.35. The van der Waals surface area contributed by atoms with Crippen LogP contribution in [-0.2, 0) is 14.1 Å². The van der Waals surface area contributed by atoms with E-state index in [9.17, 15) is 9.59 Å². The van der Waals surface area contributed by atoms with Gasteiger partial charge in [-0.2, -0.15) is 0 Å². The highest BCUT2D eigenvalue weighted by molar-refractivity contribution is 5.94. The fourth-order valence-corrected chi connectivity index (χ4v) is 5.49. The molecule has 2 aliphatic rings. The first-order valence-corrected chi connectivity index (χ1v) is 12.4. The number of amides is 4. The Balaban J connectivity index is 1.28. The van der Waals surface area contributed by atoms with E-state index in [-0.39, 0.29) is 24.1 Å². The number of hydrogen-bond acceptors (Lipinski definition) is 2. The van der Waals surface area contributed by atoms with Gasteiger partial charge in [-0.3, -0.25) is 0 Å². The van der Waals surface area contributed by atoms with Crippen molar-refractivity contribution in [2.24, 2.45) is 14.1 Å². The van der Waals surface area contributed by atoms with E-state index in [1.165, 1.54) is 0 Å². The predicted molar refractivity (Wildman–Crippen MR) is 137 cm³/mol. The number of aryl methyl sites for hydroxylation is 3. The highest BCUT2D eigenvalue weighted by Gasteiger charge is 2.33. The Morgan fingerprint density at radius 1 is 0.800 bits per heavy atom. The third kappa shape index (κ3) is 4.52. The summed E-state index contributed by atoms with van der Waals surface area (Å²) in [5.41, 5.74) is 4.63. The monoisotopic (exact) mass is 474 g/mol. The van der Waals surface area contributed by atoms with Gasteiger partial charge in [0.05, 0.1) is 12.1 Å². The Morgan fingerprint density at radius 2 is 1.34 bits per heavy atom. The van der Waals surface area contributed by atoms with Gasteiger partial charge in [-0.1, -0.05) is 6.07 Å². The van der Waals surface area contributed by atoms with Crippen molar-refractivity contribution in [1.82, 2.24) is 18.9 Å². The number of urea groups is 2. The molecule has 0 saturated carbocycles. The summed E-state index contributed by atoms with van der Waals surface area (Å²) >= 11 is 0. The number of rotatable bonds is 4. The van der Waals surface area contributed by atoms with Crippen LogP contribution >= 0.6 is 0 Å². The molecular weight excluding hydrogens is 440 g/mol. The third-order valence-corrected chi connectivity index (χ3v) is 7.41. The number of hydrogen-bond donors (Lipinski definition) is 2. The van der Waals surface area contributed by atoms with Crippen molar-refractivity contribution in [3.63, 3.8) is 0 Å². The smallest absolute Gasteiger partial charge is 0.322 e. The number of carbonyl (C=O) groups excluding carboxylic acids is 2. The Hall–Kier alpha value is -3.68. The van der Waals surface area contributed by atoms with Crippen molar-refractivity contribution in [2.75, 3.05) is 23.7 Å². The molecule has 2 saturated heterocycles. The van der Waals surface area contributed by atoms with Gasteiger partial charge in [0.25, 0.3) is 0 Å². The van der Waals surface area contributed by atoms with Crippen LogP contribution in [0.3, 0.4) is 0 Å². The summed E-state index contributed by atoms with van der Waals surface area (Å²) in [5, 5.41) is 6.15. The Morgan fingerprint density at radius 3 is 1.86 bits per heavy atom. The van der Waals surface area contributed by atoms with E-state index < -0.39 is 0 Å². The number of aromatic nitrogens is 2. The first kappa shape index (κ1) is 23.1. The second-order valence-corrected chi connectivity index (χ2v) is 9.68. The van der Waals surface area contributed by atoms with Crippen LogP contribution in [0.15, 0.2) is 54.9 Å². The van der Waals surface area contributed by atoms with Crippen molar-refractivity contribution in [3.8, 4) is 0 Å². The highest BCUT2D eigenvalue weighted by Crippen LogP contribution is 2.34. The van der Waals surface area contributed by atoms with Crippen LogP contribution < -0.4 is 10.6 Å². The molecule has 8 nitrogen and oxygen atoms in total. The lowest BCUT2D eigenvalue weighted by Gasteiger charge is -2.27. The molecule has 8 heteroatoms. The average Bonchev–Trinajstić information content (AvgIpc) is 3.62. The molecule has 2 N–H and O–H groups in total. The molecule has 0 radical (unpaired) electrons. The number of carbonyl (C=O) groups is 2. The molecule has 0 spiro atoms. The molecule has 0 aliphatic carbocycles. The van der Waals surface area contributed by atoms with Gasteiger partial charge in [-0.25, -0.2) is 9.59 Å². The van der Waals surface area contributed by atoms with Crippen LogP contribution in [0.4, 0.5) is 21.0 Å². The molecule has 4 amide bonds. The SMILES string of the molecule is Cc1ccc(NC(=O)N2CCCC2c2cccn2C)cc1NC(=O)N1CCCC1c1cccn1C. The van der Waals surface area contributed by atoms with Crippen LogP contribution in [-0.4, -0.2) is 44.1 Å². The highest BCUT2D eigenvalue weighted by atomic mass is 16.2. The maximum Gasteiger partial charge on any atom is 0.322 e. The molecule has 5 rings (SSSR count). The second kappa shape index (κ2) is 9.52. The van der Waals surface area contributed by atoms with Crippen LogP contribution in [0, 0.1) is 6.92 Å². The maximum absolute atomic E-state index is 13.2. The Kier molecular flexibility index (Phi) is 6.28. The van der Waals surface area contributed by atoms with Crippen molar-refractivity contribution in [2.45, 2.75) is 44.7 Å². The maximum atomic E-state index is 13.2. The molecule has 184 valence electrons. The van der Waals surface area contributed by atoms with Gasteiger partial charge in [0.15, 0.2) is 0 Å². The number of nitrogens with one attached hydrogen (secondary N) is 2. The molecule has 1 aromatic carbocycles. The van der Waals surface area contributed by atoms with Gasteiger partial charge in [0.2, 0.25) is 0 Å². The van der Waals surface area contributed by atoms with E-state index in [0.29, 0.717) is 11.4 Å². The minimum atomic E-state index is -0.113. The molecule has 35 heavy (non-hydrogen) atoms. The number of likely N-dealkylation sites (tertiary alicyclic amines) is 2. The molecule has 4 heterocycles. The van der Waals surface area contributed by atoms with Gasteiger partial charge >= 0.3 is 12.1 Å². The minimum Gasteiger partial charge on any atom is -0.353 e. The number of nitrogens with zero attached hydrogens (tertiary/aromatic N) is 4. The third-order valence-electron chi connectivity index (χ3n) is 7.41. The summed E-state index contributed by atoms with van der Waals surface area (Å²) in [6, 6.07) is 13.8. The number of benzene rings is 1. The molecule has 2 atom stereocenters. The van der Waals surface area contributed by atoms with Gasteiger partial charge in [0.1, 0.15) is 0 Å². The quantitative estimate of drug-likeness (QED) is 0.531. The first-order valence-electron chi connectivity index (χ1n) is 12.4. The summed E-state index contributed by atoms with van der Waals surface area (Å²) < 4.78 is 4.16. The lowest BCUT2D eigenvalue weighted by molar-refractivity contribution is 0.205. The summed E-state index contributed by atoms with van der Waals surface area (Å²) in [5.74, 6) is 0. The molecular formula is C27H34N6O2. The summed E-state index contributed by atoms with van der Waals surface area (Å²) in [6.45, 7) is 3.42. The fourth-order valence-electron chi connectivity index (χ4n) is 5.49. The Bertz CT molecular complexity index is 1230. The van der Waals surface area contributed by atoms with Gasteiger partial charge in [-0.15, -0.1) is 0 Å². The molecule has 2 unspecified atom stereocenters. The van der Waals surface area contributed by atoms with E-state index >= 15 is 0 Å². The van der Waals surface area contributed by atoms with E-state index in [4.69, 9.17) is 0 Å². The van der Waals surface area contributed by atoms with Crippen molar-refractivity contribution >= 4 is 23.4 Å². The van der Waals surface area contributed by atoms with E-state index in [2.05, 4.69) is 31.9 Å². The molecule has 2 fully saturated rings. The molecule has 3 aromatic rings. The minimum absolute atomic E-state index is 0.0720. The first-order chi connectivity index (χ1) is 16.9. The van der Waals surface area contributed by atoms with Crippen molar-refractivity contribution in [3.05, 3.63) is 71.8 Å². The largest absolute Gasteiger partial charge is 0.353 e. The van der Waals surface area contributed by atoms with Crippen LogP contribution in [0.1, 0.15) is 54.7 Å². The molecule has 2 aromatic heterocycles. The second-order valence-electron chi connectivity index (χ2n) is 9.68. The van der Waals surface area contributed by atoms with Crippen LogP contribution in [0.2, 0.25) is 0 Å². The fraction of sp³-hybridized carbons (Fsp3) is 0.407.